The first-order chi connectivity index (χ1) is 8.35. The number of para-hydroxylation sites is 1. The molecule has 2 rings (SSSR count). The van der Waals surface area contributed by atoms with Crippen LogP contribution in [0.15, 0.2) is 36.7 Å². The zero-order valence-corrected chi connectivity index (χ0v) is 9.97. The second-order valence-electron chi connectivity index (χ2n) is 3.71. The van der Waals surface area contributed by atoms with Crippen molar-refractivity contribution in [2.75, 3.05) is 13.2 Å². The number of benzene rings is 1. The van der Waals surface area contributed by atoms with Crippen LogP contribution in [0.4, 0.5) is 0 Å². The van der Waals surface area contributed by atoms with Crippen LogP contribution in [0.2, 0.25) is 0 Å². The first kappa shape index (κ1) is 11.7. The first-order valence-electron chi connectivity index (χ1n) is 5.80. The van der Waals surface area contributed by atoms with Crippen molar-refractivity contribution >= 4 is 0 Å². The molecule has 0 aliphatic rings. The van der Waals surface area contributed by atoms with E-state index in [2.05, 4.69) is 5.10 Å². The van der Waals surface area contributed by atoms with E-state index in [1.54, 1.807) is 0 Å². The van der Waals surface area contributed by atoms with Gasteiger partial charge in [-0.15, -0.1) is 0 Å². The van der Waals surface area contributed by atoms with Gasteiger partial charge in [-0.25, -0.2) is 0 Å². The minimum Gasteiger partial charge on any atom is -0.493 e. The summed E-state index contributed by atoms with van der Waals surface area (Å²) in [6, 6.07) is 7.98. The topological polar surface area (TPSA) is 53.1 Å². The third-order valence-corrected chi connectivity index (χ3v) is 2.49. The number of ether oxygens (including phenoxy) is 1. The summed E-state index contributed by atoms with van der Waals surface area (Å²) in [5.41, 5.74) is 7.63. The monoisotopic (exact) mass is 231 g/mol. The van der Waals surface area contributed by atoms with Crippen molar-refractivity contribution in [3.8, 4) is 16.9 Å². The Hall–Kier alpha value is -1.81. The second kappa shape index (κ2) is 5.50. The van der Waals surface area contributed by atoms with Crippen molar-refractivity contribution in [1.29, 1.82) is 0 Å². The van der Waals surface area contributed by atoms with Crippen LogP contribution in [0.25, 0.3) is 11.1 Å². The highest BCUT2D eigenvalue weighted by Crippen LogP contribution is 2.29. The lowest BCUT2D eigenvalue weighted by Gasteiger charge is -2.07. The van der Waals surface area contributed by atoms with Crippen molar-refractivity contribution in [3.05, 3.63) is 36.7 Å². The van der Waals surface area contributed by atoms with Crippen LogP contribution < -0.4 is 10.5 Å². The number of hydrogen-bond donors (Lipinski definition) is 1. The van der Waals surface area contributed by atoms with Gasteiger partial charge in [0.1, 0.15) is 5.75 Å². The van der Waals surface area contributed by atoms with Crippen molar-refractivity contribution in [3.63, 3.8) is 0 Å². The van der Waals surface area contributed by atoms with E-state index in [9.17, 15) is 0 Å². The smallest absolute Gasteiger partial charge is 0.127 e. The van der Waals surface area contributed by atoms with E-state index in [1.165, 1.54) is 0 Å². The summed E-state index contributed by atoms with van der Waals surface area (Å²) >= 11 is 0. The van der Waals surface area contributed by atoms with Gasteiger partial charge in [0.2, 0.25) is 0 Å². The van der Waals surface area contributed by atoms with Crippen LogP contribution in [0, 0.1) is 0 Å². The average Bonchev–Trinajstić information content (AvgIpc) is 2.79. The largest absolute Gasteiger partial charge is 0.493 e. The molecule has 17 heavy (non-hydrogen) atoms. The van der Waals surface area contributed by atoms with Gasteiger partial charge < -0.3 is 10.5 Å². The number of nitrogens with two attached hydrogens (primary N) is 1. The molecule has 0 saturated carbocycles. The Labute approximate surface area is 101 Å². The predicted octanol–water partition coefficient (Wildman–Crippen LogP) is 1.91. The second-order valence-corrected chi connectivity index (χ2v) is 3.71. The first-order valence-corrected chi connectivity index (χ1v) is 5.80. The van der Waals surface area contributed by atoms with E-state index >= 15 is 0 Å². The Morgan fingerprint density at radius 3 is 2.94 bits per heavy atom. The summed E-state index contributed by atoms with van der Waals surface area (Å²) in [5, 5.41) is 4.26. The molecule has 0 fully saturated rings. The molecule has 0 unspecified atom stereocenters. The highest BCUT2D eigenvalue weighted by molar-refractivity contribution is 5.69. The Balaban J connectivity index is 2.31. The van der Waals surface area contributed by atoms with Crippen molar-refractivity contribution in [2.45, 2.75) is 13.5 Å². The Morgan fingerprint density at radius 1 is 1.35 bits per heavy atom. The van der Waals surface area contributed by atoms with Gasteiger partial charge in [0.15, 0.2) is 0 Å². The minimum absolute atomic E-state index is 0.591. The Kier molecular flexibility index (Phi) is 3.77. The van der Waals surface area contributed by atoms with E-state index in [0.717, 1.165) is 23.4 Å². The molecule has 1 aromatic heterocycles. The molecule has 2 aromatic rings. The number of aromatic nitrogens is 2. The van der Waals surface area contributed by atoms with Crippen LogP contribution >= 0.6 is 0 Å². The number of rotatable bonds is 5. The summed E-state index contributed by atoms with van der Waals surface area (Å²) in [6.45, 7) is 3.97. The molecule has 1 aromatic carbocycles. The van der Waals surface area contributed by atoms with Crippen molar-refractivity contribution < 1.29 is 4.74 Å². The van der Waals surface area contributed by atoms with Crippen molar-refractivity contribution in [2.24, 2.45) is 5.73 Å². The van der Waals surface area contributed by atoms with Crippen LogP contribution in [-0.2, 0) is 6.54 Å². The minimum atomic E-state index is 0.591. The fourth-order valence-corrected chi connectivity index (χ4v) is 1.74. The molecule has 0 amide bonds. The third kappa shape index (κ3) is 2.65. The highest BCUT2D eigenvalue weighted by atomic mass is 16.5. The lowest BCUT2D eigenvalue weighted by Crippen LogP contribution is -2.09. The number of hydrogen-bond acceptors (Lipinski definition) is 3. The van der Waals surface area contributed by atoms with Gasteiger partial charge in [0, 0.05) is 23.9 Å². The highest BCUT2D eigenvalue weighted by Gasteiger charge is 2.07. The maximum absolute atomic E-state index is 5.60. The quantitative estimate of drug-likeness (QED) is 0.855. The third-order valence-electron chi connectivity index (χ3n) is 2.49. The molecule has 90 valence electrons. The molecule has 0 aliphatic carbocycles. The molecule has 0 atom stereocenters. The van der Waals surface area contributed by atoms with Crippen LogP contribution in [0.5, 0.6) is 5.75 Å². The summed E-state index contributed by atoms with van der Waals surface area (Å²) in [7, 11) is 0. The molecule has 0 bridgehead atoms. The van der Waals surface area contributed by atoms with Gasteiger partial charge in [-0.05, 0) is 13.0 Å². The van der Waals surface area contributed by atoms with Gasteiger partial charge in [0.05, 0.1) is 19.3 Å². The molecule has 4 nitrogen and oxygen atoms in total. The van der Waals surface area contributed by atoms with Crippen LogP contribution in [-0.4, -0.2) is 22.9 Å². The van der Waals surface area contributed by atoms with E-state index in [-0.39, 0.29) is 0 Å². The van der Waals surface area contributed by atoms with Crippen LogP contribution in [0.3, 0.4) is 0 Å². The van der Waals surface area contributed by atoms with Gasteiger partial charge in [0.25, 0.3) is 0 Å². The van der Waals surface area contributed by atoms with Gasteiger partial charge in [-0.3, -0.25) is 4.68 Å². The molecular formula is C13H17N3O. The molecule has 4 heteroatoms. The van der Waals surface area contributed by atoms with Gasteiger partial charge in [-0.2, -0.15) is 5.10 Å². The maximum Gasteiger partial charge on any atom is 0.127 e. The van der Waals surface area contributed by atoms with Gasteiger partial charge in [-0.1, -0.05) is 18.2 Å². The van der Waals surface area contributed by atoms with E-state index in [1.807, 2.05) is 48.3 Å². The zero-order valence-electron chi connectivity index (χ0n) is 9.97. The molecular weight excluding hydrogens is 214 g/mol. The zero-order chi connectivity index (χ0) is 12.1. The number of nitrogens with zero attached hydrogens (tertiary/aromatic N) is 2. The standard InChI is InChI=1S/C13H17N3O/c1-2-17-13-6-4-3-5-12(13)11-9-15-16(10-11)8-7-14/h3-6,9-10H,2,7-8,14H2,1H3. The molecule has 0 saturated heterocycles. The normalized spacial score (nSPS) is 10.5. The predicted molar refractivity (Wildman–Crippen MR) is 67.9 cm³/mol. The fraction of sp³-hybridized carbons (Fsp3) is 0.308. The SMILES string of the molecule is CCOc1ccccc1-c1cnn(CCN)c1. The lowest BCUT2D eigenvalue weighted by molar-refractivity contribution is 0.341. The Morgan fingerprint density at radius 2 is 2.18 bits per heavy atom. The lowest BCUT2D eigenvalue weighted by atomic mass is 10.1. The van der Waals surface area contributed by atoms with Gasteiger partial charge >= 0.3 is 0 Å². The summed E-state index contributed by atoms with van der Waals surface area (Å²) in [4.78, 5) is 0. The molecule has 0 aliphatic heterocycles. The van der Waals surface area contributed by atoms with Crippen LogP contribution in [0.1, 0.15) is 6.92 Å². The molecule has 0 radical (unpaired) electrons. The Bertz CT molecular complexity index is 479. The maximum atomic E-state index is 5.60. The molecule has 1 heterocycles. The average molecular weight is 231 g/mol. The summed E-state index contributed by atoms with van der Waals surface area (Å²) in [5.74, 6) is 0.891. The van der Waals surface area contributed by atoms with E-state index in [4.69, 9.17) is 10.5 Å². The van der Waals surface area contributed by atoms with E-state index in [0.29, 0.717) is 13.2 Å². The van der Waals surface area contributed by atoms with E-state index < -0.39 is 0 Å². The molecule has 0 spiro atoms. The summed E-state index contributed by atoms with van der Waals surface area (Å²) in [6.07, 6.45) is 3.83. The fourth-order valence-electron chi connectivity index (χ4n) is 1.74. The summed E-state index contributed by atoms with van der Waals surface area (Å²) < 4.78 is 7.44. The molecule has 2 N–H and O–H groups in total. The van der Waals surface area contributed by atoms with Crippen molar-refractivity contribution in [1.82, 2.24) is 9.78 Å².